The lowest BCUT2D eigenvalue weighted by molar-refractivity contribution is -0.384. The molecule has 0 atom stereocenters. The van der Waals surface area contributed by atoms with Crippen molar-refractivity contribution in [3.05, 3.63) is 70.0 Å². The minimum Gasteiger partial charge on any atom is -0.477 e. The number of hydrogen-bond acceptors (Lipinski definition) is 6. The number of nitrogens with zero attached hydrogens (tertiary/aromatic N) is 4. The molecule has 29 heavy (non-hydrogen) atoms. The summed E-state index contributed by atoms with van der Waals surface area (Å²) in [5.41, 5.74) is 3.73. The Bertz CT molecular complexity index is 953. The first-order valence-corrected chi connectivity index (χ1v) is 9.63. The summed E-state index contributed by atoms with van der Waals surface area (Å²) in [6, 6.07) is 10.3. The SMILES string of the molecule is CCCCOc1ncccc1CNCc1cn(C)nc1-c1ccc([N+](=O)[O-])cc1. The normalized spacial score (nSPS) is 10.8. The number of pyridine rings is 1. The molecule has 1 aromatic carbocycles. The maximum atomic E-state index is 10.9. The number of nitro groups is 1. The molecule has 3 aromatic rings. The van der Waals surface area contributed by atoms with E-state index in [-0.39, 0.29) is 5.69 Å². The maximum Gasteiger partial charge on any atom is 0.269 e. The molecule has 0 unspecified atom stereocenters. The lowest BCUT2D eigenvalue weighted by Crippen LogP contribution is -2.14. The number of nitrogens with one attached hydrogen (secondary N) is 1. The number of benzene rings is 1. The van der Waals surface area contributed by atoms with Gasteiger partial charge in [0.2, 0.25) is 5.88 Å². The smallest absolute Gasteiger partial charge is 0.269 e. The van der Waals surface area contributed by atoms with Gasteiger partial charge in [-0.05, 0) is 24.6 Å². The third-order valence-corrected chi connectivity index (χ3v) is 4.47. The van der Waals surface area contributed by atoms with E-state index in [2.05, 4.69) is 22.3 Å². The standard InChI is InChI=1S/C21H25N5O3/c1-3-4-12-29-21-17(6-5-11-23-21)13-22-14-18-15-25(2)24-20(18)16-7-9-19(10-8-16)26(27)28/h5-11,15,22H,3-4,12-14H2,1-2H3. The molecule has 3 rings (SSSR count). The molecule has 0 saturated heterocycles. The van der Waals surface area contributed by atoms with Crippen LogP contribution < -0.4 is 10.1 Å². The maximum absolute atomic E-state index is 10.9. The minimum atomic E-state index is -0.404. The summed E-state index contributed by atoms with van der Waals surface area (Å²) in [4.78, 5) is 14.8. The fraction of sp³-hybridized carbons (Fsp3) is 0.333. The van der Waals surface area contributed by atoms with Crippen molar-refractivity contribution < 1.29 is 9.66 Å². The highest BCUT2D eigenvalue weighted by atomic mass is 16.6. The second kappa shape index (κ2) is 9.79. The topological polar surface area (TPSA) is 95.1 Å². The molecular weight excluding hydrogens is 370 g/mol. The van der Waals surface area contributed by atoms with Crippen molar-refractivity contribution in [2.45, 2.75) is 32.9 Å². The molecule has 0 aliphatic heterocycles. The Morgan fingerprint density at radius 1 is 1.17 bits per heavy atom. The first kappa shape index (κ1) is 20.5. The van der Waals surface area contributed by atoms with Crippen molar-refractivity contribution in [3.8, 4) is 17.1 Å². The van der Waals surface area contributed by atoms with E-state index in [4.69, 9.17) is 4.74 Å². The van der Waals surface area contributed by atoms with Gasteiger partial charge in [-0.2, -0.15) is 5.10 Å². The van der Waals surface area contributed by atoms with Gasteiger partial charge in [0.15, 0.2) is 0 Å². The van der Waals surface area contributed by atoms with E-state index in [1.54, 1.807) is 23.0 Å². The molecular formula is C21H25N5O3. The average Bonchev–Trinajstić information content (AvgIpc) is 3.10. The molecule has 0 spiro atoms. The molecule has 1 N–H and O–H groups in total. The van der Waals surface area contributed by atoms with Crippen LogP contribution >= 0.6 is 0 Å². The predicted octanol–water partition coefficient (Wildman–Crippen LogP) is 3.86. The highest BCUT2D eigenvalue weighted by molar-refractivity contribution is 5.64. The highest BCUT2D eigenvalue weighted by Gasteiger charge is 2.13. The molecule has 152 valence electrons. The van der Waals surface area contributed by atoms with Gasteiger partial charge in [-0.15, -0.1) is 0 Å². The summed E-state index contributed by atoms with van der Waals surface area (Å²) in [6.07, 6.45) is 5.76. The second-order valence-corrected chi connectivity index (χ2v) is 6.75. The molecule has 0 saturated carbocycles. The van der Waals surface area contributed by atoms with Gasteiger partial charge in [-0.25, -0.2) is 4.98 Å². The number of ether oxygens (including phenoxy) is 1. The van der Waals surface area contributed by atoms with E-state index in [0.717, 1.165) is 35.2 Å². The van der Waals surface area contributed by atoms with Gasteiger partial charge in [-0.1, -0.05) is 19.4 Å². The third-order valence-electron chi connectivity index (χ3n) is 4.47. The fourth-order valence-electron chi connectivity index (χ4n) is 2.98. The Morgan fingerprint density at radius 3 is 2.66 bits per heavy atom. The van der Waals surface area contributed by atoms with Crippen LogP contribution in [0.5, 0.6) is 5.88 Å². The lowest BCUT2D eigenvalue weighted by atomic mass is 10.1. The van der Waals surface area contributed by atoms with Crippen LogP contribution in [0.25, 0.3) is 11.3 Å². The van der Waals surface area contributed by atoms with Gasteiger partial charge >= 0.3 is 0 Å². The zero-order chi connectivity index (χ0) is 20.6. The Hall–Kier alpha value is -3.26. The van der Waals surface area contributed by atoms with E-state index in [1.165, 1.54) is 12.1 Å². The van der Waals surface area contributed by atoms with E-state index in [9.17, 15) is 10.1 Å². The van der Waals surface area contributed by atoms with Crippen molar-refractivity contribution in [2.75, 3.05) is 6.61 Å². The molecule has 0 aliphatic rings. The van der Waals surface area contributed by atoms with Crippen LogP contribution in [0.1, 0.15) is 30.9 Å². The number of hydrogen-bond donors (Lipinski definition) is 1. The van der Waals surface area contributed by atoms with Crippen LogP contribution in [0.3, 0.4) is 0 Å². The third kappa shape index (κ3) is 5.39. The van der Waals surface area contributed by atoms with E-state index < -0.39 is 4.92 Å². The predicted molar refractivity (Wildman–Crippen MR) is 110 cm³/mol. The number of non-ortho nitro benzene ring substituents is 1. The summed E-state index contributed by atoms with van der Waals surface area (Å²) < 4.78 is 7.53. The highest BCUT2D eigenvalue weighted by Crippen LogP contribution is 2.24. The van der Waals surface area contributed by atoms with Gasteiger partial charge in [0.1, 0.15) is 0 Å². The number of rotatable bonds is 10. The first-order chi connectivity index (χ1) is 14.1. The summed E-state index contributed by atoms with van der Waals surface area (Å²) in [5, 5.41) is 18.8. The molecule has 0 radical (unpaired) electrons. The molecule has 2 aromatic heterocycles. The number of aryl methyl sites for hydroxylation is 1. The molecule has 0 bridgehead atoms. The van der Waals surface area contributed by atoms with Gasteiger partial charge in [0.05, 0.1) is 17.2 Å². The van der Waals surface area contributed by atoms with Crippen molar-refractivity contribution >= 4 is 5.69 Å². The molecule has 0 amide bonds. The quantitative estimate of drug-likeness (QED) is 0.318. The largest absolute Gasteiger partial charge is 0.477 e. The van der Waals surface area contributed by atoms with Crippen molar-refractivity contribution in [1.29, 1.82) is 0 Å². The summed E-state index contributed by atoms with van der Waals surface area (Å²) in [6.45, 7) is 4.00. The van der Waals surface area contributed by atoms with Crippen LogP contribution in [0.15, 0.2) is 48.8 Å². The van der Waals surface area contributed by atoms with Gasteiger partial charge < -0.3 is 10.1 Å². The Balaban J connectivity index is 1.67. The second-order valence-electron chi connectivity index (χ2n) is 6.75. The molecule has 8 heteroatoms. The van der Waals surface area contributed by atoms with Crippen molar-refractivity contribution in [2.24, 2.45) is 7.05 Å². The zero-order valence-corrected chi connectivity index (χ0v) is 16.7. The van der Waals surface area contributed by atoms with Crippen LogP contribution in [0.4, 0.5) is 5.69 Å². The first-order valence-electron chi connectivity index (χ1n) is 9.63. The van der Waals surface area contributed by atoms with Gasteiger partial charge in [0, 0.05) is 61.4 Å². The summed E-state index contributed by atoms with van der Waals surface area (Å²) in [5.74, 6) is 0.662. The molecule has 0 fully saturated rings. The van der Waals surface area contributed by atoms with E-state index >= 15 is 0 Å². The number of unbranched alkanes of at least 4 members (excludes halogenated alkanes) is 1. The Labute approximate surface area is 169 Å². The molecule has 2 heterocycles. The molecule has 8 nitrogen and oxygen atoms in total. The Morgan fingerprint density at radius 2 is 1.93 bits per heavy atom. The van der Waals surface area contributed by atoms with Gasteiger partial charge in [-0.3, -0.25) is 14.8 Å². The zero-order valence-electron chi connectivity index (χ0n) is 16.7. The fourth-order valence-corrected chi connectivity index (χ4v) is 2.98. The van der Waals surface area contributed by atoms with Gasteiger partial charge in [0.25, 0.3) is 5.69 Å². The summed E-state index contributed by atoms with van der Waals surface area (Å²) in [7, 11) is 1.86. The van der Waals surface area contributed by atoms with Crippen LogP contribution in [0, 0.1) is 10.1 Å². The van der Waals surface area contributed by atoms with Crippen LogP contribution in [-0.2, 0) is 20.1 Å². The van der Waals surface area contributed by atoms with Crippen LogP contribution in [0.2, 0.25) is 0 Å². The summed E-state index contributed by atoms with van der Waals surface area (Å²) >= 11 is 0. The molecule has 0 aliphatic carbocycles. The lowest BCUT2D eigenvalue weighted by Gasteiger charge is -2.11. The monoisotopic (exact) mass is 395 g/mol. The number of aromatic nitrogens is 3. The Kier molecular flexibility index (Phi) is 6.91. The van der Waals surface area contributed by atoms with E-state index in [0.29, 0.717) is 25.6 Å². The van der Waals surface area contributed by atoms with Crippen molar-refractivity contribution in [1.82, 2.24) is 20.1 Å². The number of nitro benzene ring substituents is 1. The van der Waals surface area contributed by atoms with E-state index in [1.807, 2.05) is 25.4 Å². The van der Waals surface area contributed by atoms with Crippen molar-refractivity contribution in [3.63, 3.8) is 0 Å². The average molecular weight is 395 g/mol. The minimum absolute atomic E-state index is 0.0662. The van der Waals surface area contributed by atoms with Crippen LogP contribution in [-0.4, -0.2) is 26.3 Å².